The van der Waals surface area contributed by atoms with Gasteiger partial charge in [0.15, 0.2) is 0 Å². The number of anilines is 1. The molecule has 1 amide bonds. The van der Waals surface area contributed by atoms with Crippen molar-refractivity contribution in [2.24, 2.45) is 5.92 Å². The van der Waals surface area contributed by atoms with Crippen molar-refractivity contribution in [1.29, 1.82) is 0 Å². The maximum Gasteiger partial charge on any atom is 0.224 e. The monoisotopic (exact) mass is 504 g/mol. The van der Waals surface area contributed by atoms with Gasteiger partial charge in [-0.25, -0.2) is 0 Å². The highest BCUT2D eigenvalue weighted by Gasteiger charge is 2.25. The lowest BCUT2D eigenvalue weighted by atomic mass is 9.96. The number of nitrogens with zero attached hydrogens (tertiary/aromatic N) is 2. The van der Waals surface area contributed by atoms with E-state index < -0.39 is 0 Å². The molecule has 2 aromatic carbocycles. The Labute approximate surface area is 209 Å². The summed E-state index contributed by atoms with van der Waals surface area (Å²) in [5.74, 6) is 0.137. The van der Waals surface area contributed by atoms with Crippen molar-refractivity contribution < 1.29 is 4.79 Å². The Morgan fingerprint density at radius 2 is 1.88 bits per heavy atom. The number of piperidine rings is 1. The predicted octanol–water partition coefficient (Wildman–Crippen LogP) is 6.03. The molecule has 33 heavy (non-hydrogen) atoms. The molecule has 0 radical (unpaired) electrons. The Bertz CT molecular complexity index is 1120. The van der Waals surface area contributed by atoms with E-state index in [4.69, 9.17) is 34.8 Å². The number of hydrogen-bond donors (Lipinski definition) is 2. The summed E-state index contributed by atoms with van der Waals surface area (Å²) in [6.07, 6.45) is 4.53. The largest absolute Gasteiger partial charge is 0.384 e. The molecule has 4 rings (SSSR count). The van der Waals surface area contributed by atoms with Gasteiger partial charge in [0, 0.05) is 58.5 Å². The Morgan fingerprint density at radius 3 is 2.73 bits per heavy atom. The van der Waals surface area contributed by atoms with Gasteiger partial charge in [-0.05, 0) is 67.8 Å². The molecule has 8 heteroatoms. The number of hydrogen-bond acceptors (Lipinski definition) is 4. The Balaban J connectivity index is 1.21. The number of carbonyl (C=O) groups excluding carboxylic acids is 1. The summed E-state index contributed by atoms with van der Waals surface area (Å²) in [7, 11) is 0. The number of nitrogens with one attached hydrogen (secondary N) is 2. The Hall–Kier alpha value is -2.05. The summed E-state index contributed by atoms with van der Waals surface area (Å²) in [6, 6.07) is 13.2. The number of rotatable bonds is 8. The van der Waals surface area contributed by atoms with Gasteiger partial charge < -0.3 is 10.6 Å². The van der Waals surface area contributed by atoms with Crippen molar-refractivity contribution in [2.45, 2.75) is 25.8 Å². The molecular formula is C25H27Cl3N4O. The van der Waals surface area contributed by atoms with Gasteiger partial charge in [-0.15, -0.1) is 0 Å². The van der Waals surface area contributed by atoms with Crippen LogP contribution in [0.4, 0.5) is 5.69 Å². The Morgan fingerprint density at radius 1 is 1.06 bits per heavy atom. The van der Waals surface area contributed by atoms with Crippen LogP contribution in [0.3, 0.4) is 0 Å². The van der Waals surface area contributed by atoms with Crippen LogP contribution in [0.15, 0.2) is 48.7 Å². The van der Waals surface area contributed by atoms with Gasteiger partial charge in [-0.2, -0.15) is 0 Å². The van der Waals surface area contributed by atoms with Crippen LogP contribution in [0.1, 0.15) is 24.8 Å². The van der Waals surface area contributed by atoms with Crippen molar-refractivity contribution in [3.05, 3.63) is 69.3 Å². The molecule has 1 unspecified atom stereocenters. The summed E-state index contributed by atoms with van der Waals surface area (Å²) in [5.41, 5.74) is 2.92. The SMILES string of the molecule is O=C(NCCCNc1ccnc2cc(Cl)ccc12)C1CCCN(Cc2ccc(Cl)cc2Cl)C1. The third-order valence-electron chi connectivity index (χ3n) is 5.96. The molecule has 0 spiro atoms. The second-order valence-corrected chi connectivity index (χ2v) is 9.68. The predicted molar refractivity (Wildman–Crippen MR) is 137 cm³/mol. The van der Waals surface area contributed by atoms with Crippen molar-refractivity contribution >= 4 is 57.3 Å². The number of benzene rings is 2. The highest BCUT2D eigenvalue weighted by atomic mass is 35.5. The van der Waals surface area contributed by atoms with E-state index in [2.05, 4.69) is 20.5 Å². The molecule has 1 atom stereocenters. The van der Waals surface area contributed by atoms with Crippen LogP contribution in [0.25, 0.3) is 10.9 Å². The van der Waals surface area contributed by atoms with Crippen LogP contribution in [-0.4, -0.2) is 42.0 Å². The second kappa shape index (κ2) is 11.4. The molecular weight excluding hydrogens is 479 g/mol. The zero-order valence-electron chi connectivity index (χ0n) is 18.3. The number of amides is 1. The minimum absolute atomic E-state index is 0.00618. The third-order valence-corrected chi connectivity index (χ3v) is 6.78. The van der Waals surface area contributed by atoms with Crippen LogP contribution in [0.5, 0.6) is 0 Å². The zero-order chi connectivity index (χ0) is 23.2. The summed E-state index contributed by atoms with van der Waals surface area (Å²) in [4.78, 5) is 19.4. The lowest BCUT2D eigenvalue weighted by molar-refractivity contribution is -0.126. The van der Waals surface area contributed by atoms with E-state index >= 15 is 0 Å². The van der Waals surface area contributed by atoms with Crippen molar-refractivity contribution in [2.75, 3.05) is 31.5 Å². The average molecular weight is 506 g/mol. The van der Waals surface area contributed by atoms with Crippen LogP contribution >= 0.6 is 34.8 Å². The first-order valence-corrected chi connectivity index (χ1v) is 12.3. The maximum absolute atomic E-state index is 12.7. The maximum atomic E-state index is 12.7. The van der Waals surface area contributed by atoms with Gasteiger partial charge in [0.1, 0.15) is 0 Å². The normalized spacial score (nSPS) is 16.6. The minimum atomic E-state index is 0.00618. The number of pyridine rings is 1. The topological polar surface area (TPSA) is 57.3 Å². The molecule has 0 bridgehead atoms. The van der Waals surface area contributed by atoms with E-state index in [1.54, 1.807) is 12.3 Å². The van der Waals surface area contributed by atoms with Gasteiger partial charge in [0.2, 0.25) is 5.91 Å². The van der Waals surface area contributed by atoms with Crippen LogP contribution in [0, 0.1) is 5.92 Å². The first kappa shape index (κ1) is 24.1. The van der Waals surface area contributed by atoms with Gasteiger partial charge in [0.25, 0.3) is 0 Å². The van der Waals surface area contributed by atoms with Gasteiger partial charge in [-0.1, -0.05) is 40.9 Å². The molecule has 1 aliphatic heterocycles. The quantitative estimate of drug-likeness (QED) is 0.367. The molecule has 2 heterocycles. The standard InChI is InChI=1S/C25H27Cl3N4O/c26-19-5-4-17(22(28)13-19)15-32-12-1-3-18(16-32)25(33)31-10-2-9-29-23-8-11-30-24-14-20(27)6-7-21(23)24/h4-8,11,13-14,18H,1-3,9-10,12,15-16H2,(H,29,30)(H,31,33). The van der Waals surface area contributed by atoms with E-state index in [1.165, 1.54) is 0 Å². The van der Waals surface area contributed by atoms with E-state index in [0.29, 0.717) is 21.6 Å². The van der Waals surface area contributed by atoms with E-state index in [0.717, 1.165) is 67.6 Å². The first-order chi connectivity index (χ1) is 16.0. The fourth-order valence-electron chi connectivity index (χ4n) is 4.25. The van der Waals surface area contributed by atoms with Crippen LogP contribution < -0.4 is 10.6 Å². The average Bonchev–Trinajstić information content (AvgIpc) is 2.80. The van der Waals surface area contributed by atoms with Crippen molar-refractivity contribution in [1.82, 2.24) is 15.2 Å². The molecule has 0 aliphatic carbocycles. The van der Waals surface area contributed by atoms with E-state index in [-0.39, 0.29) is 11.8 Å². The van der Waals surface area contributed by atoms with Gasteiger partial charge >= 0.3 is 0 Å². The van der Waals surface area contributed by atoms with Gasteiger partial charge in [0.05, 0.1) is 11.4 Å². The molecule has 1 aliphatic rings. The fraction of sp³-hybridized carbons (Fsp3) is 0.360. The lowest BCUT2D eigenvalue weighted by Crippen LogP contribution is -2.43. The highest BCUT2D eigenvalue weighted by molar-refractivity contribution is 6.35. The second-order valence-electron chi connectivity index (χ2n) is 8.40. The summed E-state index contributed by atoms with van der Waals surface area (Å²) >= 11 is 18.4. The molecule has 3 aromatic rings. The smallest absolute Gasteiger partial charge is 0.224 e. The van der Waals surface area contributed by atoms with Crippen LogP contribution in [0.2, 0.25) is 15.1 Å². The molecule has 1 aromatic heterocycles. The minimum Gasteiger partial charge on any atom is -0.384 e. The highest BCUT2D eigenvalue weighted by Crippen LogP contribution is 2.26. The summed E-state index contributed by atoms with van der Waals surface area (Å²) in [5, 5.41) is 9.56. The molecule has 2 N–H and O–H groups in total. The van der Waals surface area contributed by atoms with E-state index in [9.17, 15) is 4.79 Å². The summed E-state index contributed by atoms with van der Waals surface area (Å²) < 4.78 is 0. The summed E-state index contributed by atoms with van der Waals surface area (Å²) in [6.45, 7) is 3.84. The number of likely N-dealkylation sites (tertiary alicyclic amines) is 1. The molecule has 5 nitrogen and oxygen atoms in total. The van der Waals surface area contributed by atoms with E-state index in [1.807, 2.05) is 36.4 Å². The number of aromatic nitrogens is 1. The zero-order valence-corrected chi connectivity index (χ0v) is 20.6. The Kier molecular flexibility index (Phi) is 8.31. The number of carbonyl (C=O) groups is 1. The first-order valence-electron chi connectivity index (χ1n) is 11.2. The fourth-order valence-corrected chi connectivity index (χ4v) is 4.88. The molecule has 174 valence electrons. The van der Waals surface area contributed by atoms with Crippen molar-refractivity contribution in [3.63, 3.8) is 0 Å². The van der Waals surface area contributed by atoms with Crippen LogP contribution in [-0.2, 0) is 11.3 Å². The number of halogens is 3. The lowest BCUT2D eigenvalue weighted by Gasteiger charge is -2.32. The molecule has 1 saturated heterocycles. The van der Waals surface area contributed by atoms with Gasteiger partial charge in [-0.3, -0.25) is 14.7 Å². The third kappa shape index (κ3) is 6.51. The molecule has 1 fully saturated rings. The molecule has 0 saturated carbocycles. The number of fused-ring (bicyclic) bond motifs is 1. The van der Waals surface area contributed by atoms with Crippen molar-refractivity contribution in [3.8, 4) is 0 Å².